The largest absolute Gasteiger partial charge is 0.491 e. The molecule has 2 aliphatic rings. The second-order valence-electron chi connectivity index (χ2n) is 9.62. The Balaban J connectivity index is 1.50. The third kappa shape index (κ3) is 5.92. The van der Waals surface area contributed by atoms with E-state index < -0.39 is 5.60 Å². The van der Waals surface area contributed by atoms with Crippen LogP contribution in [-0.2, 0) is 23.1 Å². The summed E-state index contributed by atoms with van der Waals surface area (Å²) in [6.07, 6.45) is 0.297. The van der Waals surface area contributed by atoms with E-state index in [1.54, 1.807) is 12.1 Å². The first-order valence-corrected chi connectivity index (χ1v) is 12.3. The zero-order chi connectivity index (χ0) is 24.3. The van der Waals surface area contributed by atoms with Crippen LogP contribution in [0.5, 0.6) is 5.75 Å². The van der Waals surface area contributed by atoms with E-state index in [-0.39, 0.29) is 5.91 Å². The smallest absolute Gasteiger partial charge is 0.225 e. The average Bonchev–Trinajstić information content (AvgIpc) is 3.05. The molecule has 1 unspecified atom stereocenters. The molecule has 1 aromatic heterocycles. The molecule has 2 aromatic rings. The average molecular weight is 490 g/mol. The van der Waals surface area contributed by atoms with Crippen LogP contribution in [0.1, 0.15) is 23.4 Å². The molecule has 2 aliphatic heterocycles. The van der Waals surface area contributed by atoms with Crippen LogP contribution in [0, 0.1) is 13.8 Å². The molecule has 2 fully saturated rings. The molecule has 0 spiro atoms. The summed E-state index contributed by atoms with van der Waals surface area (Å²) in [5.74, 6) is 0.846. The van der Waals surface area contributed by atoms with Crippen molar-refractivity contribution >= 4 is 17.5 Å². The molecule has 0 aliphatic carbocycles. The first-order chi connectivity index (χ1) is 16.2. The third-order valence-electron chi connectivity index (χ3n) is 7.01. The minimum Gasteiger partial charge on any atom is -0.491 e. The van der Waals surface area contributed by atoms with Crippen molar-refractivity contribution in [1.29, 1.82) is 0 Å². The van der Waals surface area contributed by atoms with Gasteiger partial charge >= 0.3 is 0 Å². The molecule has 1 amide bonds. The van der Waals surface area contributed by atoms with Gasteiger partial charge in [-0.3, -0.25) is 14.4 Å². The molecule has 0 saturated carbocycles. The minimum atomic E-state index is -0.720. The van der Waals surface area contributed by atoms with Crippen molar-refractivity contribution in [2.45, 2.75) is 32.4 Å². The van der Waals surface area contributed by atoms with E-state index >= 15 is 0 Å². The number of aromatic nitrogens is 2. The van der Waals surface area contributed by atoms with Crippen molar-refractivity contribution in [3.8, 4) is 5.75 Å². The van der Waals surface area contributed by atoms with Gasteiger partial charge in [0.25, 0.3) is 0 Å². The van der Waals surface area contributed by atoms with Crippen LogP contribution in [0.2, 0.25) is 5.02 Å². The molecule has 0 bridgehead atoms. The molecule has 3 heterocycles. The number of hydrogen-bond donors (Lipinski definition) is 0. The molecule has 0 radical (unpaired) electrons. The van der Waals surface area contributed by atoms with Gasteiger partial charge in [-0.2, -0.15) is 5.10 Å². The molecule has 4 rings (SSSR count). The number of nitrogens with zero attached hydrogens (tertiary/aromatic N) is 5. The van der Waals surface area contributed by atoms with Crippen LogP contribution in [0.4, 0.5) is 0 Å². The fraction of sp³-hybridized carbons (Fsp3) is 0.600. The lowest BCUT2D eigenvalue weighted by atomic mass is 9.96. The standard InChI is InChI=1S/C25H36ClN5O3/c1-19-23(20(2)29(4)27-19)16-30-13-14-34-25(17-30,18-33-22-7-5-21(26)6-8-22)15-24(32)31-11-9-28(3)10-12-31/h5-8H,9-18H2,1-4H3. The summed E-state index contributed by atoms with van der Waals surface area (Å²) >= 11 is 6.03. The highest BCUT2D eigenvalue weighted by atomic mass is 35.5. The Labute approximate surface area is 207 Å². The first-order valence-electron chi connectivity index (χ1n) is 11.9. The number of rotatable bonds is 7. The molecular weight excluding hydrogens is 454 g/mol. The Kier molecular flexibility index (Phi) is 7.82. The molecule has 1 atom stereocenters. The third-order valence-corrected chi connectivity index (χ3v) is 7.27. The molecule has 1 aromatic carbocycles. The number of benzene rings is 1. The van der Waals surface area contributed by atoms with Crippen LogP contribution >= 0.6 is 11.6 Å². The summed E-state index contributed by atoms with van der Waals surface area (Å²) < 4.78 is 14.4. The van der Waals surface area contributed by atoms with Gasteiger partial charge in [0.15, 0.2) is 0 Å². The van der Waals surface area contributed by atoms with Gasteiger partial charge in [-0.05, 0) is 45.2 Å². The number of ether oxygens (including phenoxy) is 2. The Bertz CT molecular complexity index is 987. The number of piperazine rings is 1. The Morgan fingerprint density at radius 1 is 1.12 bits per heavy atom. The molecule has 8 nitrogen and oxygen atoms in total. The SMILES string of the molecule is Cc1nn(C)c(C)c1CN1CCOC(COc2ccc(Cl)cc2)(CC(=O)N2CCN(C)CC2)C1. The molecule has 0 N–H and O–H groups in total. The van der Waals surface area contributed by atoms with Gasteiger partial charge in [-0.25, -0.2) is 0 Å². The summed E-state index contributed by atoms with van der Waals surface area (Å²) in [5.41, 5.74) is 2.73. The molecule has 2 saturated heterocycles. The lowest BCUT2D eigenvalue weighted by molar-refractivity contribution is -0.158. The van der Waals surface area contributed by atoms with Gasteiger partial charge in [0.1, 0.15) is 18.0 Å². The number of likely N-dealkylation sites (N-methyl/N-ethyl adjacent to an activating group) is 1. The van der Waals surface area contributed by atoms with Crippen LogP contribution < -0.4 is 4.74 Å². The summed E-state index contributed by atoms with van der Waals surface area (Å²) in [6.45, 7) is 10.5. The van der Waals surface area contributed by atoms with Crippen molar-refractivity contribution in [2.75, 3.05) is 59.5 Å². The highest BCUT2D eigenvalue weighted by Crippen LogP contribution is 2.28. The topological polar surface area (TPSA) is 63.1 Å². The zero-order valence-electron chi connectivity index (χ0n) is 20.7. The predicted molar refractivity (Wildman–Crippen MR) is 132 cm³/mol. The quantitative estimate of drug-likeness (QED) is 0.595. The highest BCUT2D eigenvalue weighted by Gasteiger charge is 2.41. The van der Waals surface area contributed by atoms with Gasteiger partial charge in [-0.1, -0.05) is 11.6 Å². The lowest BCUT2D eigenvalue weighted by Crippen LogP contribution is -2.58. The van der Waals surface area contributed by atoms with Crippen molar-refractivity contribution in [2.24, 2.45) is 7.05 Å². The number of hydrogen-bond acceptors (Lipinski definition) is 6. The van der Waals surface area contributed by atoms with Gasteiger partial charge in [0.2, 0.25) is 5.91 Å². The van der Waals surface area contributed by atoms with Crippen molar-refractivity contribution < 1.29 is 14.3 Å². The number of halogens is 1. The number of aryl methyl sites for hydroxylation is 2. The second-order valence-corrected chi connectivity index (χ2v) is 10.1. The first kappa shape index (κ1) is 25.0. The summed E-state index contributed by atoms with van der Waals surface area (Å²) in [7, 11) is 4.07. The number of amides is 1. The van der Waals surface area contributed by atoms with Crippen LogP contribution in [0.3, 0.4) is 0 Å². The van der Waals surface area contributed by atoms with Crippen molar-refractivity contribution in [1.82, 2.24) is 24.5 Å². The van der Waals surface area contributed by atoms with E-state index in [0.717, 1.165) is 50.7 Å². The zero-order valence-corrected chi connectivity index (χ0v) is 21.5. The van der Waals surface area contributed by atoms with E-state index in [1.165, 1.54) is 11.3 Å². The second kappa shape index (κ2) is 10.6. The Hall–Kier alpha value is -2.13. The van der Waals surface area contributed by atoms with Crippen LogP contribution in [-0.4, -0.2) is 95.5 Å². The Morgan fingerprint density at radius 3 is 2.47 bits per heavy atom. The van der Waals surface area contributed by atoms with Gasteiger partial charge in [0.05, 0.1) is 18.7 Å². The summed E-state index contributed by atoms with van der Waals surface area (Å²) in [5, 5.41) is 5.23. The normalized spacial score (nSPS) is 22.2. The molecule has 34 heavy (non-hydrogen) atoms. The van der Waals surface area contributed by atoms with Crippen LogP contribution in [0.15, 0.2) is 24.3 Å². The van der Waals surface area contributed by atoms with Gasteiger partial charge < -0.3 is 19.3 Å². The van der Waals surface area contributed by atoms with Gasteiger partial charge in [-0.15, -0.1) is 0 Å². The maximum Gasteiger partial charge on any atom is 0.225 e. The Morgan fingerprint density at radius 2 is 1.82 bits per heavy atom. The van der Waals surface area contributed by atoms with E-state index in [9.17, 15) is 4.79 Å². The maximum atomic E-state index is 13.3. The molecular formula is C25H36ClN5O3. The van der Waals surface area contributed by atoms with E-state index in [1.807, 2.05) is 28.8 Å². The van der Waals surface area contributed by atoms with E-state index in [4.69, 9.17) is 21.1 Å². The molecule has 9 heteroatoms. The van der Waals surface area contributed by atoms with Gasteiger partial charge in [0, 0.05) is 69.1 Å². The fourth-order valence-corrected chi connectivity index (χ4v) is 4.89. The maximum absolute atomic E-state index is 13.3. The number of carbonyl (C=O) groups is 1. The van der Waals surface area contributed by atoms with E-state index in [2.05, 4.69) is 35.8 Å². The minimum absolute atomic E-state index is 0.128. The summed E-state index contributed by atoms with van der Waals surface area (Å²) in [4.78, 5) is 19.9. The van der Waals surface area contributed by atoms with Crippen LogP contribution in [0.25, 0.3) is 0 Å². The number of carbonyl (C=O) groups excluding carboxylic acids is 1. The lowest BCUT2D eigenvalue weighted by Gasteiger charge is -2.43. The summed E-state index contributed by atoms with van der Waals surface area (Å²) in [6, 6.07) is 7.31. The number of morpholine rings is 1. The molecule has 186 valence electrons. The highest BCUT2D eigenvalue weighted by molar-refractivity contribution is 6.30. The van der Waals surface area contributed by atoms with E-state index in [0.29, 0.717) is 31.2 Å². The predicted octanol–water partition coefficient (Wildman–Crippen LogP) is 2.50. The van der Waals surface area contributed by atoms with Crippen molar-refractivity contribution in [3.05, 3.63) is 46.2 Å². The fourth-order valence-electron chi connectivity index (χ4n) is 4.76. The van der Waals surface area contributed by atoms with Crippen molar-refractivity contribution in [3.63, 3.8) is 0 Å². The monoisotopic (exact) mass is 489 g/mol.